The van der Waals surface area contributed by atoms with Crippen molar-refractivity contribution in [3.8, 4) is 6.01 Å². The van der Waals surface area contributed by atoms with E-state index in [1.165, 1.54) is 13.3 Å². The number of ether oxygens (including phenoxy) is 1. The van der Waals surface area contributed by atoms with Gasteiger partial charge in [0.05, 0.1) is 13.3 Å². The Balaban J connectivity index is 2.88. The molecule has 1 aromatic heterocycles. The van der Waals surface area contributed by atoms with Crippen molar-refractivity contribution in [1.29, 1.82) is 0 Å². The van der Waals surface area contributed by atoms with Crippen LogP contribution in [0.15, 0.2) is 6.20 Å². The first-order chi connectivity index (χ1) is 7.34. The average molecular weight is 244 g/mol. The zero-order chi connectivity index (χ0) is 12.3. The quantitative estimate of drug-likeness (QED) is 0.887. The predicted octanol–water partition coefficient (Wildman–Crippen LogP) is 2.99. The monoisotopic (exact) mass is 243 g/mol. The topological polar surface area (TPSA) is 47.0 Å². The smallest absolute Gasteiger partial charge is 0.318 e. The number of hydrogen-bond donors (Lipinski definition) is 1. The van der Waals surface area contributed by atoms with Gasteiger partial charge in [0.15, 0.2) is 5.82 Å². The molecule has 1 unspecified atom stereocenters. The molecule has 0 aliphatic carbocycles. The van der Waals surface area contributed by atoms with Crippen LogP contribution in [0.2, 0.25) is 5.02 Å². The summed E-state index contributed by atoms with van der Waals surface area (Å²) in [5.41, 5.74) is 0.127. The summed E-state index contributed by atoms with van der Waals surface area (Å²) < 4.78 is 4.96. The Morgan fingerprint density at radius 3 is 2.56 bits per heavy atom. The van der Waals surface area contributed by atoms with E-state index in [0.717, 1.165) is 0 Å². The Labute approximate surface area is 101 Å². The molecule has 16 heavy (non-hydrogen) atoms. The van der Waals surface area contributed by atoms with E-state index >= 15 is 0 Å². The van der Waals surface area contributed by atoms with Crippen molar-refractivity contribution in [3.05, 3.63) is 11.2 Å². The van der Waals surface area contributed by atoms with Gasteiger partial charge in [-0.05, 0) is 12.3 Å². The van der Waals surface area contributed by atoms with E-state index in [1.54, 1.807) is 0 Å². The largest absolute Gasteiger partial charge is 0.467 e. The summed E-state index contributed by atoms with van der Waals surface area (Å²) in [6.45, 7) is 8.54. The fraction of sp³-hybridized carbons (Fsp3) is 0.636. The summed E-state index contributed by atoms with van der Waals surface area (Å²) in [5, 5.41) is 3.76. The molecular weight excluding hydrogens is 226 g/mol. The maximum Gasteiger partial charge on any atom is 0.318 e. The number of nitrogens with one attached hydrogen (secondary N) is 1. The molecule has 0 aliphatic rings. The van der Waals surface area contributed by atoms with Crippen LogP contribution >= 0.6 is 11.6 Å². The molecule has 0 aromatic carbocycles. The van der Waals surface area contributed by atoms with Gasteiger partial charge >= 0.3 is 6.01 Å². The van der Waals surface area contributed by atoms with Gasteiger partial charge in [-0.2, -0.15) is 4.98 Å². The molecule has 0 amide bonds. The molecule has 0 saturated heterocycles. The minimum Gasteiger partial charge on any atom is -0.467 e. The van der Waals surface area contributed by atoms with Crippen LogP contribution < -0.4 is 10.1 Å². The van der Waals surface area contributed by atoms with Crippen LogP contribution in [0, 0.1) is 5.41 Å². The van der Waals surface area contributed by atoms with Crippen LogP contribution in [0.25, 0.3) is 0 Å². The van der Waals surface area contributed by atoms with Crippen molar-refractivity contribution in [2.75, 3.05) is 12.4 Å². The maximum atomic E-state index is 6.00. The lowest BCUT2D eigenvalue weighted by molar-refractivity contribution is 0.356. The minimum atomic E-state index is 0.127. The molecule has 1 heterocycles. The molecule has 0 radical (unpaired) electrons. The Bertz CT molecular complexity index is 363. The molecule has 5 heteroatoms. The molecule has 0 bridgehead atoms. The number of rotatable bonds is 3. The van der Waals surface area contributed by atoms with E-state index in [4.69, 9.17) is 16.3 Å². The van der Waals surface area contributed by atoms with Gasteiger partial charge in [-0.3, -0.25) is 0 Å². The highest BCUT2D eigenvalue weighted by Crippen LogP contribution is 2.26. The lowest BCUT2D eigenvalue weighted by atomic mass is 9.88. The minimum absolute atomic E-state index is 0.127. The van der Waals surface area contributed by atoms with E-state index < -0.39 is 0 Å². The highest BCUT2D eigenvalue weighted by Gasteiger charge is 2.21. The number of methoxy groups -OCH3 is 1. The lowest BCUT2D eigenvalue weighted by Gasteiger charge is -2.28. The molecule has 1 aromatic rings. The first-order valence-electron chi connectivity index (χ1n) is 5.17. The molecule has 0 spiro atoms. The van der Waals surface area contributed by atoms with Gasteiger partial charge in [-0.15, -0.1) is 0 Å². The zero-order valence-corrected chi connectivity index (χ0v) is 11.1. The van der Waals surface area contributed by atoms with Gasteiger partial charge in [0.25, 0.3) is 0 Å². The third-order valence-corrected chi connectivity index (χ3v) is 2.83. The van der Waals surface area contributed by atoms with Crippen LogP contribution in [0.3, 0.4) is 0 Å². The molecular formula is C11H18ClN3O. The molecule has 1 N–H and O–H groups in total. The number of hydrogen-bond acceptors (Lipinski definition) is 4. The summed E-state index contributed by atoms with van der Waals surface area (Å²) in [6, 6.07) is 0.553. The molecule has 1 rings (SSSR count). The summed E-state index contributed by atoms with van der Waals surface area (Å²) in [5.74, 6) is 0.607. The second kappa shape index (κ2) is 4.87. The van der Waals surface area contributed by atoms with E-state index in [1.807, 2.05) is 0 Å². The number of halogens is 1. The zero-order valence-electron chi connectivity index (χ0n) is 10.3. The van der Waals surface area contributed by atoms with Crippen molar-refractivity contribution >= 4 is 17.4 Å². The van der Waals surface area contributed by atoms with Gasteiger partial charge in [0.2, 0.25) is 0 Å². The number of nitrogens with zero attached hydrogens (tertiary/aromatic N) is 2. The normalized spacial score (nSPS) is 13.4. The van der Waals surface area contributed by atoms with Crippen molar-refractivity contribution < 1.29 is 4.74 Å². The third kappa shape index (κ3) is 3.23. The first kappa shape index (κ1) is 13.0. The van der Waals surface area contributed by atoms with Gasteiger partial charge in [-0.25, -0.2) is 4.98 Å². The van der Waals surface area contributed by atoms with Gasteiger partial charge in [0.1, 0.15) is 5.02 Å². The van der Waals surface area contributed by atoms with E-state index in [-0.39, 0.29) is 11.5 Å². The van der Waals surface area contributed by atoms with Crippen molar-refractivity contribution in [2.24, 2.45) is 5.41 Å². The molecule has 90 valence electrons. The SMILES string of the molecule is COc1ncc(Cl)c(NC(C)C(C)(C)C)n1. The summed E-state index contributed by atoms with van der Waals surface area (Å²) in [4.78, 5) is 8.09. The highest BCUT2D eigenvalue weighted by atomic mass is 35.5. The second-order valence-electron chi connectivity index (χ2n) is 4.79. The van der Waals surface area contributed by atoms with E-state index in [2.05, 4.69) is 43.0 Å². The number of anilines is 1. The molecule has 0 fully saturated rings. The van der Waals surface area contributed by atoms with Crippen molar-refractivity contribution in [3.63, 3.8) is 0 Å². The molecule has 0 aliphatic heterocycles. The summed E-state index contributed by atoms with van der Waals surface area (Å²) in [7, 11) is 1.53. The fourth-order valence-corrected chi connectivity index (χ4v) is 1.12. The van der Waals surface area contributed by atoms with Crippen LogP contribution in [-0.2, 0) is 0 Å². The van der Waals surface area contributed by atoms with Gasteiger partial charge < -0.3 is 10.1 Å². The summed E-state index contributed by atoms with van der Waals surface area (Å²) in [6.07, 6.45) is 1.53. The first-order valence-corrected chi connectivity index (χ1v) is 5.55. The van der Waals surface area contributed by atoms with Crippen molar-refractivity contribution in [1.82, 2.24) is 9.97 Å². The standard InChI is InChI=1S/C11H18ClN3O/c1-7(11(2,3)4)14-9-8(12)6-13-10(15-9)16-5/h6-7H,1-5H3,(H,13,14,15). The lowest BCUT2D eigenvalue weighted by Crippen LogP contribution is -2.31. The average Bonchev–Trinajstić information content (AvgIpc) is 2.19. The third-order valence-electron chi connectivity index (χ3n) is 2.56. The Morgan fingerprint density at radius 1 is 1.44 bits per heavy atom. The van der Waals surface area contributed by atoms with Crippen LogP contribution in [0.5, 0.6) is 6.01 Å². The Hall–Kier alpha value is -1.03. The second-order valence-corrected chi connectivity index (χ2v) is 5.19. The Morgan fingerprint density at radius 2 is 2.06 bits per heavy atom. The fourth-order valence-electron chi connectivity index (χ4n) is 0.972. The van der Waals surface area contributed by atoms with Crippen LogP contribution in [0.1, 0.15) is 27.7 Å². The Kier molecular flexibility index (Phi) is 3.97. The van der Waals surface area contributed by atoms with E-state index in [0.29, 0.717) is 16.9 Å². The highest BCUT2D eigenvalue weighted by molar-refractivity contribution is 6.32. The van der Waals surface area contributed by atoms with Gasteiger partial charge in [-0.1, -0.05) is 32.4 Å². The molecule has 4 nitrogen and oxygen atoms in total. The maximum absolute atomic E-state index is 6.00. The van der Waals surface area contributed by atoms with Crippen molar-refractivity contribution in [2.45, 2.75) is 33.7 Å². The molecule has 1 atom stereocenters. The summed E-state index contributed by atoms with van der Waals surface area (Å²) >= 11 is 6.00. The predicted molar refractivity (Wildman–Crippen MR) is 66.1 cm³/mol. The van der Waals surface area contributed by atoms with Crippen LogP contribution in [0.4, 0.5) is 5.82 Å². The van der Waals surface area contributed by atoms with Gasteiger partial charge in [0, 0.05) is 6.04 Å². The molecule has 0 saturated carbocycles. The van der Waals surface area contributed by atoms with E-state index in [9.17, 15) is 0 Å². The number of aromatic nitrogens is 2. The van der Waals surface area contributed by atoms with Crippen LogP contribution in [-0.4, -0.2) is 23.1 Å².